The molecule has 2 rings (SSSR count). The van der Waals surface area contributed by atoms with Gasteiger partial charge in [-0.05, 0) is 50.4 Å². The summed E-state index contributed by atoms with van der Waals surface area (Å²) in [6, 6.07) is 0.284. The summed E-state index contributed by atoms with van der Waals surface area (Å²) < 4.78 is 6.41. The summed E-state index contributed by atoms with van der Waals surface area (Å²) in [4.78, 5) is 0. The van der Waals surface area contributed by atoms with Crippen molar-refractivity contribution in [3.05, 3.63) is 0 Å². The SMILES string of the molecule is CCCCC1OC2(CCC(C(C)C)CC2)CC1N. The topological polar surface area (TPSA) is 35.2 Å². The molecule has 2 aliphatic rings. The van der Waals surface area contributed by atoms with Gasteiger partial charge in [-0.3, -0.25) is 0 Å². The van der Waals surface area contributed by atoms with E-state index in [0.29, 0.717) is 6.10 Å². The van der Waals surface area contributed by atoms with Gasteiger partial charge in [0, 0.05) is 6.04 Å². The zero-order chi connectivity index (χ0) is 13.2. The highest BCUT2D eigenvalue weighted by molar-refractivity contribution is 4.99. The van der Waals surface area contributed by atoms with Crippen molar-refractivity contribution in [1.29, 1.82) is 0 Å². The molecule has 2 nitrogen and oxygen atoms in total. The maximum absolute atomic E-state index is 6.41. The molecule has 1 heterocycles. The first-order chi connectivity index (χ1) is 8.56. The third-order valence-electron chi connectivity index (χ3n) is 5.21. The lowest BCUT2D eigenvalue weighted by molar-refractivity contribution is -0.0772. The summed E-state index contributed by atoms with van der Waals surface area (Å²) in [5.41, 5.74) is 6.45. The Bertz CT molecular complexity index is 256. The number of rotatable bonds is 4. The van der Waals surface area contributed by atoms with Crippen LogP contribution in [0.4, 0.5) is 0 Å². The fourth-order valence-corrected chi connectivity index (χ4v) is 3.85. The van der Waals surface area contributed by atoms with Crippen LogP contribution in [0, 0.1) is 11.8 Å². The van der Waals surface area contributed by atoms with E-state index in [9.17, 15) is 0 Å². The Morgan fingerprint density at radius 2 is 1.94 bits per heavy atom. The van der Waals surface area contributed by atoms with Crippen molar-refractivity contribution in [2.45, 2.75) is 89.9 Å². The number of nitrogens with two attached hydrogens (primary N) is 1. The lowest BCUT2D eigenvalue weighted by Gasteiger charge is -2.38. The van der Waals surface area contributed by atoms with Crippen LogP contribution in [-0.4, -0.2) is 17.7 Å². The second kappa shape index (κ2) is 5.92. The first-order valence-electron chi connectivity index (χ1n) is 8.00. The summed E-state index contributed by atoms with van der Waals surface area (Å²) in [5, 5.41) is 0. The van der Waals surface area contributed by atoms with Gasteiger partial charge in [-0.15, -0.1) is 0 Å². The highest BCUT2D eigenvalue weighted by Gasteiger charge is 2.46. The Hall–Kier alpha value is -0.0800. The normalized spacial score (nSPS) is 40.8. The molecule has 0 aromatic rings. The predicted molar refractivity (Wildman–Crippen MR) is 76.5 cm³/mol. The minimum absolute atomic E-state index is 0.156. The van der Waals surface area contributed by atoms with Crippen LogP contribution in [-0.2, 0) is 4.74 Å². The molecule has 2 N–H and O–H groups in total. The molecule has 0 amide bonds. The van der Waals surface area contributed by atoms with Crippen LogP contribution in [0.15, 0.2) is 0 Å². The molecule has 1 aliphatic heterocycles. The van der Waals surface area contributed by atoms with Crippen LogP contribution in [0.25, 0.3) is 0 Å². The molecule has 106 valence electrons. The third kappa shape index (κ3) is 3.08. The zero-order valence-corrected chi connectivity index (χ0v) is 12.5. The van der Waals surface area contributed by atoms with Crippen LogP contribution < -0.4 is 5.73 Å². The minimum Gasteiger partial charge on any atom is -0.370 e. The number of ether oxygens (including phenoxy) is 1. The van der Waals surface area contributed by atoms with E-state index in [0.717, 1.165) is 24.7 Å². The van der Waals surface area contributed by atoms with E-state index in [-0.39, 0.29) is 11.6 Å². The van der Waals surface area contributed by atoms with Gasteiger partial charge < -0.3 is 10.5 Å². The molecular formula is C16H31NO. The van der Waals surface area contributed by atoms with E-state index in [1.165, 1.54) is 38.5 Å². The van der Waals surface area contributed by atoms with Crippen molar-refractivity contribution < 1.29 is 4.74 Å². The van der Waals surface area contributed by atoms with E-state index >= 15 is 0 Å². The molecule has 1 spiro atoms. The van der Waals surface area contributed by atoms with E-state index in [2.05, 4.69) is 20.8 Å². The standard InChI is InChI=1S/C16H31NO/c1-4-5-6-15-14(17)11-16(18-15)9-7-13(8-10-16)12(2)3/h12-15H,4-11,17H2,1-3H3. The molecule has 2 heteroatoms. The first kappa shape index (κ1) is 14.3. The second-order valence-corrected chi connectivity index (χ2v) is 6.93. The quantitative estimate of drug-likeness (QED) is 0.825. The lowest BCUT2D eigenvalue weighted by atomic mass is 9.73. The maximum Gasteiger partial charge on any atom is 0.0734 e. The van der Waals surface area contributed by atoms with E-state index in [1.54, 1.807) is 0 Å². The highest BCUT2D eigenvalue weighted by atomic mass is 16.5. The fourth-order valence-electron chi connectivity index (χ4n) is 3.85. The summed E-state index contributed by atoms with van der Waals surface area (Å²) in [7, 11) is 0. The monoisotopic (exact) mass is 253 g/mol. The first-order valence-corrected chi connectivity index (χ1v) is 8.00. The largest absolute Gasteiger partial charge is 0.370 e. The summed E-state index contributed by atoms with van der Waals surface area (Å²) in [6.07, 6.45) is 10.3. The lowest BCUT2D eigenvalue weighted by Crippen LogP contribution is -2.35. The Morgan fingerprint density at radius 3 is 2.50 bits per heavy atom. The minimum atomic E-state index is 0.156. The van der Waals surface area contributed by atoms with Gasteiger partial charge in [0.2, 0.25) is 0 Å². The molecule has 2 atom stereocenters. The molecule has 1 saturated heterocycles. The average Bonchev–Trinajstić information content (AvgIpc) is 2.63. The van der Waals surface area contributed by atoms with Crippen LogP contribution in [0.1, 0.15) is 72.1 Å². The van der Waals surface area contributed by atoms with Crippen molar-refractivity contribution in [2.75, 3.05) is 0 Å². The second-order valence-electron chi connectivity index (χ2n) is 6.93. The third-order valence-corrected chi connectivity index (χ3v) is 5.21. The molecule has 0 radical (unpaired) electrons. The summed E-state index contributed by atoms with van der Waals surface area (Å²) in [6.45, 7) is 6.95. The number of hydrogen-bond acceptors (Lipinski definition) is 2. The van der Waals surface area contributed by atoms with Crippen molar-refractivity contribution in [3.63, 3.8) is 0 Å². The van der Waals surface area contributed by atoms with Crippen LogP contribution in [0.2, 0.25) is 0 Å². The zero-order valence-electron chi connectivity index (χ0n) is 12.5. The Labute approximate surface area is 113 Å². The Balaban J connectivity index is 1.87. The van der Waals surface area contributed by atoms with Gasteiger partial charge in [-0.1, -0.05) is 33.6 Å². The average molecular weight is 253 g/mol. The number of hydrogen-bond donors (Lipinski definition) is 1. The van der Waals surface area contributed by atoms with Gasteiger partial charge >= 0.3 is 0 Å². The molecule has 1 aliphatic carbocycles. The summed E-state index contributed by atoms with van der Waals surface area (Å²) in [5.74, 6) is 1.73. The van der Waals surface area contributed by atoms with Gasteiger partial charge in [0.05, 0.1) is 11.7 Å². The van der Waals surface area contributed by atoms with E-state index in [4.69, 9.17) is 10.5 Å². The molecule has 18 heavy (non-hydrogen) atoms. The Morgan fingerprint density at radius 1 is 1.28 bits per heavy atom. The molecule has 2 unspecified atom stereocenters. The van der Waals surface area contributed by atoms with Crippen molar-refractivity contribution in [1.82, 2.24) is 0 Å². The van der Waals surface area contributed by atoms with Gasteiger partial charge in [0.15, 0.2) is 0 Å². The smallest absolute Gasteiger partial charge is 0.0734 e. The van der Waals surface area contributed by atoms with E-state index < -0.39 is 0 Å². The predicted octanol–water partition coefficient (Wildman–Crippen LogP) is 3.88. The highest BCUT2D eigenvalue weighted by Crippen LogP contribution is 2.45. The van der Waals surface area contributed by atoms with Crippen LogP contribution >= 0.6 is 0 Å². The molecule has 0 aromatic carbocycles. The molecule has 0 aromatic heterocycles. The van der Waals surface area contributed by atoms with Gasteiger partial charge in [-0.25, -0.2) is 0 Å². The molecule has 1 saturated carbocycles. The van der Waals surface area contributed by atoms with Crippen LogP contribution in [0.3, 0.4) is 0 Å². The maximum atomic E-state index is 6.41. The van der Waals surface area contributed by atoms with Crippen molar-refractivity contribution >= 4 is 0 Å². The van der Waals surface area contributed by atoms with Crippen molar-refractivity contribution in [2.24, 2.45) is 17.6 Å². The van der Waals surface area contributed by atoms with Gasteiger partial charge in [0.25, 0.3) is 0 Å². The molecule has 0 bridgehead atoms. The fraction of sp³-hybridized carbons (Fsp3) is 1.00. The molecule has 2 fully saturated rings. The summed E-state index contributed by atoms with van der Waals surface area (Å²) >= 11 is 0. The number of unbranched alkanes of at least 4 members (excludes halogenated alkanes) is 1. The van der Waals surface area contributed by atoms with Crippen molar-refractivity contribution in [3.8, 4) is 0 Å². The van der Waals surface area contributed by atoms with Crippen LogP contribution in [0.5, 0.6) is 0 Å². The molecular weight excluding hydrogens is 222 g/mol. The Kier molecular flexibility index (Phi) is 4.71. The van der Waals surface area contributed by atoms with Gasteiger partial charge in [0.1, 0.15) is 0 Å². The van der Waals surface area contributed by atoms with E-state index in [1.807, 2.05) is 0 Å². The van der Waals surface area contributed by atoms with Gasteiger partial charge in [-0.2, -0.15) is 0 Å².